The molecule has 0 rings (SSSR count). The van der Waals surface area contributed by atoms with Crippen LogP contribution in [0.4, 0.5) is 0 Å². The monoisotopic (exact) mass is 953 g/mol. The van der Waals surface area contributed by atoms with Crippen molar-refractivity contribution >= 4 is 17.9 Å². The first-order valence-corrected chi connectivity index (χ1v) is 26.0. The Balaban J connectivity index is 4.47. The Bertz CT molecular complexity index is 1670. The maximum atomic E-state index is 12.8. The van der Waals surface area contributed by atoms with Crippen molar-refractivity contribution in [3.63, 3.8) is 0 Å². The van der Waals surface area contributed by atoms with Crippen LogP contribution in [0.3, 0.4) is 0 Å². The van der Waals surface area contributed by atoms with E-state index in [4.69, 9.17) is 14.2 Å². The summed E-state index contributed by atoms with van der Waals surface area (Å²) in [5.74, 6) is -1.61. The summed E-state index contributed by atoms with van der Waals surface area (Å²) in [6.07, 6.45) is 74.5. The molecule has 0 saturated carbocycles. The molecule has 0 heterocycles. The summed E-state index contributed by atoms with van der Waals surface area (Å²) in [4.78, 5) is 37.2. The number of ether oxygens (including phenoxy) is 3. The highest BCUT2D eigenvalue weighted by Crippen LogP contribution is 2.11. The summed E-state index contributed by atoms with van der Waals surface area (Å²) in [7, 11) is 5.48. The molecule has 0 aromatic heterocycles. The van der Waals surface area contributed by atoms with E-state index >= 15 is 0 Å². The topological polar surface area (TPSA) is 99.1 Å². The largest absolute Gasteiger partial charge is 0.477 e. The van der Waals surface area contributed by atoms with Crippen LogP contribution in [-0.4, -0.2) is 80.6 Å². The van der Waals surface area contributed by atoms with Crippen LogP contribution >= 0.6 is 0 Å². The molecule has 0 aromatic carbocycles. The number of carboxylic acids is 1. The van der Waals surface area contributed by atoms with Crippen molar-refractivity contribution < 1.29 is 38.2 Å². The van der Waals surface area contributed by atoms with Gasteiger partial charge < -0.3 is 23.8 Å². The lowest BCUT2D eigenvalue weighted by atomic mass is 10.1. The Morgan fingerprint density at radius 1 is 0.435 bits per heavy atom. The predicted molar refractivity (Wildman–Crippen MR) is 293 cm³/mol. The maximum absolute atomic E-state index is 12.8. The van der Waals surface area contributed by atoms with Crippen molar-refractivity contribution in [2.45, 2.75) is 167 Å². The maximum Gasteiger partial charge on any atom is 0.362 e. The Kier molecular flexibility index (Phi) is 45.8. The molecular formula is C61H94NO7+. The first-order valence-electron chi connectivity index (χ1n) is 26.0. The minimum atomic E-state index is -0.897. The number of hydrogen-bond acceptors (Lipinski definition) is 6. The third kappa shape index (κ3) is 47.8. The fourth-order valence-corrected chi connectivity index (χ4v) is 6.49. The van der Waals surface area contributed by atoms with Crippen LogP contribution in [0, 0.1) is 0 Å². The van der Waals surface area contributed by atoms with Gasteiger partial charge in [0.1, 0.15) is 6.61 Å². The van der Waals surface area contributed by atoms with Crippen LogP contribution in [0.2, 0.25) is 0 Å². The molecule has 0 radical (unpaired) electrons. The minimum Gasteiger partial charge on any atom is -0.477 e. The second-order valence-corrected chi connectivity index (χ2v) is 17.7. The summed E-state index contributed by atoms with van der Waals surface area (Å²) >= 11 is 0. The fraction of sp³-hybridized carbons (Fsp3) is 0.525. The van der Waals surface area contributed by atoms with Crippen LogP contribution in [0.15, 0.2) is 158 Å². The number of aliphatic carboxylic acids is 1. The number of allylic oxidation sites excluding steroid dienone is 26. The summed E-state index contributed by atoms with van der Waals surface area (Å²) in [6, 6.07) is -0.643. The average Bonchev–Trinajstić information content (AvgIpc) is 3.31. The van der Waals surface area contributed by atoms with Gasteiger partial charge >= 0.3 is 17.9 Å². The molecule has 0 saturated heterocycles. The predicted octanol–water partition coefficient (Wildman–Crippen LogP) is 15.5. The zero-order chi connectivity index (χ0) is 50.6. The van der Waals surface area contributed by atoms with E-state index in [9.17, 15) is 19.5 Å². The standard InChI is InChI=1S/C61H93NO7/c1-6-8-10-12-14-16-18-20-22-24-26-28-30-32-34-36-38-40-42-44-46-48-50-52-60(64)69-57(55-67-54-53-58(61(65)66)62(3,4)5)56-68-59(63)51-49-47-45-43-41-39-37-35-33-31-29-27-25-23-21-19-17-15-13-11-9-7-2/h8-11,14-17,20-23,26-29,32-35,38-41,44,46,57-58H,6-7,12-13,18-19,24-25,30-31,36-37,42-43,45,47-56H2,1-5H3/p+1/b10-8+,11-9+,16-14+,17-15+,22-20+,23-21+,28-26+,29-27+,34-32+,35-33+,40-38+,41-39+,46-44+. The van der Waals surface area contributed by atoms with E-state index in [1.807, 2.05) is 21.1 Å². The smallest absolute Gasteiger partial charge is 0.362 e. The molecule has 0 bridgehead atoms. The van der Waals surface area contributed by atoms with Gasteiger partial charge in [0.05, 0.1) is 34.4 Å². The molecule has 0 aromatic rings. The van der Waals surface area contributed by atoms with Crippen LogP contribution in [-0.2, 0) is 28.6 Å². The number of hydrogen-bond donors (Lipinski definition) is 1. The van der Waals surface area contributed by atoms with Gasteiger partial charge in [-0.3, -0.25) is 9.59 Å². The van der Waals surface area contributed by atoms with Gasteiger partial charge in [-0.2, -0.15) is 0 Å². The summed E-state index contributed by atoms with van der Waals surface area (Å²) in [5, 5.41) is 9.66. The molecule has 8 nitrogen and oxygen atoms in total. The number of nitrogens with zero attached hydrogens (tertiary/aromatic N) is 1. The molecule has 2 atom stereocenters. The second-order valence-electron chi connectivity index (χ2n) is 17.7. The number of unbranched alkanes of at least 4 members (excludes halogenated alkanes) is 4. The Morgan fingerprint density at radius 3 is 1.14 bits per heavy atom. The summed E-state index contributed by atoms with van der Waals surface area (Å²) in [5.41, 5.74) is 0. The van der Waals surface area contributed by atoms with E-state index in [0.717, 1.165) is 116 Å². The van der Waals surface area contributed by atoms with Crippen molar-refractivity contribution in [3.8, 4) is 0 Å². The third-order valence-corrected chi connectivity index (χ3v) is 10.4. The molecule has 384 valence electrons. The zero-order valence-corrected chi connectivity index (χ0v) is 43.7. The molecule has 0 amide bonds. The molecule has 69 heavy (non-hydrogen) atoms. The van der Waals surface area contributed by atoms with Gasteiger partial charge in [-0.15, -0.1) is 0 Å². The van der Waals surface area contributed by atoms with Crippen LogP contribution in [0.5, 0.6) is 0 Å². The van der Waals surface area contributed by atoms with E-state index in [1.54, 1.807) is 0 Å². The molecule has 0 spiro atoms. The number of quaternary nitrogens is 1. The lowest BCUT2D eigenvalue weighted by Crippen LogP contribution is -2.50. The molecule has 0 aliphatic rings. The van der Waals surface area contributed by atoms with E-state index < -0.39 is 18.1 Å². The van der Waals surface area contributed by atoms with Crippen molar-refractivity contribution in [1.82, 2.24) is 0 Å². The van der Waals surface area contributed by atoms with E-state index in [1.165, 1.54) is 0 Å². The molecular weight excluding hydrogens is 859 g/mol. The normalized spacial score (nSPS) is 14.2. The van der Waals surface area contributed by atoms with Crippen molar-refractivity contribution in [2.24, 2.45) is 0 Å². The van der Waals surface area contributed by atoms with Gasteiger partial charge in [-0.05, 0) is 116 Å². The highest BCUT2D eigenvalue weighted by Gasteiger charge is 2.31. The Hall–Kier alpha value is -5.05. The fourth-order valence-electron chi connectivity index (χ4n) is 6.49. The molecule has 8 heteroatoms. The van der Waals surface area contributed by atoms with Gasteiger partial charge in [-0.1, -0.05) is 178 Å². The van der Waals surface area contributed by atoms with Crippen molar-refractivity contribution in [2.75, 3.05) is 41.0 Å². The summed E-state index contributed by atoms with van der Waals surface area (Å²) < 4.78 is 17.2. The quantitative estimate of drug-likeness (QED) is 0.0281. The molecule has 2 unspecified atom stereocenters. The van der Waals surface area contributed by atoms with E-state index in [2.05, 4.69) is 172 Å². The van der Waals surface area contributed by atoms with Crippen LogP contribution in [0.1, 0.15) is 155 Å². The first kappa shape index (κ1) is 64.0. The zero-order valence-electron chi connectivity index (χ0n) is 43.7. The molecule has 0 aliphatic carbocycles. The van der Waals surface area contributed by atoms with Gasteiger partial charge in [0, 0.05) is 19.3 Å². The Labute approximate surface area is 420 Å². The average molecular weight is 953 g/mol. The lowest BCUT2D eigenvalue weighted by Gasteiger charge is -2.31. The lowest BCUT2D eigenvalue weighted by molar-refractivity contribution is -0.887. The summed E-state index contributed by atoms with van der Waals surface area (Å²) in [6.45, 7) is 4.38. The number of rotatable bonds is 44. The van der Waals surface area contributed by atoms with Gasteiger partial charge in [-0.25, -0.2) is 4.79 Å². The minimum absolute atomic E-state index is 0.0142. The number of esters is 2. The van der Waals surface area contributed by atoms with E-state index in [0.29, 0.717) is 19.3 Å². The van der Waals surface area contributed by atoms with E-state index in [-0.39, 0.29) is 42.7 Å². The van der Waals surface area contributed by atoms with Gasteiger partial charge in [0.25, 0.3) is 0 Å². The number of carbonyl (C=O) groups is 3. The number of carbonyl (C=O) groups excluding carboxylic acids is 2. The third-order valence-electron chi connectivity index (χ3n) is 10.4. The number of carboxylic acid groups (broad SMARTS) is 1. The van der Waals surface area contributed by atoms with Crippen molar-refractivity contribution in [1.29, 1.82) is 0 Å². The molecule has 0 aliphatic heterocycles. The molecule has 1 N–H and O–H groups in total. The van der Waals surface area contributed by atoms with Crippen LogP contribution in [0.25, 0.3) is 0 Å². The van der Waals surface area contributed by atoms with Crippen LogP contribution < -0.4 is 0 Å². The van der Waals surface area contributed by atoms with Crippen molar-refractivity contribution in [3.05, 3.63) is 158 Å². The van der Waals surface area contributed by atoms with Gasteiger partial charge in [0.15, 0.2) is 12.1 Å². The van der Waals surface area contributed by atoms with Gasteiger partial charge in [0.2, 0.25) is 0 Å². The Morgan fingerprint density at radius 2 is 0.783 bits per heavy atom. The SMILES string of the molecule is CC/C=C/C/C=C/C/C=C/C/C=C/C/C=C/C/C=C/C/C=C/CCCC(=O)OC(COCCC(C(=O)O)[N+](C)(C)C)COC(=O)CCCCC/C=C/C/C=C/C/C=C/C/C=C/C/C=C/C/C=C/CC. The number of likely N-dealkylation sites (N-methyl/N-ethyl adjacent to an activating group) is 1. The second kappa shape index (κ2) is 49.4. The molecule has 0 fully saturated rings. The highest BCUT2D eigenvalue weighted by molar-refractivity contribution is 5.72. The highest BCUT2D eigenvalue weighted by atomic mass is 16.6. The first-order chi connectivity index (χ1) is 33.6.